The lowest BCUT2D eigenvalue weighted by atomic mass is 9.98. The molecule has 0 saturated carbocycles. The number of carboxylic acid groups (broad SMARTS) is 1. The zero-order valence-electron chi connectivity index (χ0n) is 17.1. The average Bonchev–Trinajstić information content (AvgIpc) is 3.12. The molecule has 0 radical (unpaired) electrons. The van der Waals surface area contributed by atoms with Crippen LogP contribution in [-0.2, 0) is 4.74 Å². The van der Waals surface area contributed by atoms with Crippen molar-refractivity contribution in [3.63, 3.8) is 0 Å². The summed E-state index contributed by atoms with van der Waals surface area (Å²) < 4.78 is 6.00. The molecule has 3 aromatic carbocycles. The van der Waals surface area contributed by atoms with Crippen molar-refractivity contribution >= 4 is 28.0 Å². The predicted molar refractivity (Wildman–Crippen MR) is 126 cm³/mol. The summed E-state index contributed by atoms with van der Waals surface area (Å²) in [6.45, 7) is 0.606. The van der Waals surface area contributed by atoms with E-state index in [0.29, 0.717) is 23.0 Å². The van der Waals surface area contributed by atoms with Gasteiger partial charge in [0.2, 0.25) is 0 Å². The van der Waals surface area contributed by atoms with Crippen LogP contribution in [0.25, 0.3) is 11.1 Å². The zero-order valence-corrected chi connectivity index (χ0v) is 18.7. The van der Waals surface area contributed by atoms with Gasteiger partial charge in [-0.25, -0.2) is 9.59 Å². The van der Waals surface area contributed by atoms with Gasteiger partial charge in [0.15, 0.2) is 0 Å². The van der Waals surface area contributed by atoms with E-state index in [0.717, 1.165) is 0 Å². The highest BCUT2D eigenvalue weighted by Gasteiger charge is 2.28. The minimum Gasteiger partial charge on any atom is -0.478 e. The van der Waals surface area contributed by atoms with Crippen molar-refractivity contribution in [2.45, 2.75) is 12.3 Å². The Balaban J connectivity index is 1.29. The van der Waals surface area contributed by atoms with Gasteiger partial charge in [-0.2, -0.15) is 0 Å². The van der Waals surface area contributed by atoms with Gasteiger partial charge in [-0.3, -0.25) is 0 Å². The molecule has 0 heterocycles. The molecular weight excluding hydrogens is 470 g/mol. The lowest BCUT2D eigenvalue weighted by Gasteiger charge is -2.14. The fourth-order valence-corrected chi connectivity index (χ4v) is 4.22. The van der Waals surface area contributed by atoms with Crippen LogP contribution in [0.5, 0.6) is 0 Å². The lowest BCUT2D eigenvalue weighted by molar-refractivity contribution is 0.0695. The number of benzene rings is 3. The molecule has 0 atom stereocenters. The number of hydrogen-bond acceptors (Lipinski definition) is 3. The Labute approximate surface area is 194 Å². The quantitative estimate of drug-likeness (QED) is 0.370. The third kappa shape index (κ3) is 4.68. The fraction of sp³-hybridized carbons (Fsp3) is 0.154. The Kier molecular flexibility index (Phi) is 6.58. The summed E-state index contributed by atoms with van der Waals surface area (Å²) in [5.74, 6) is 4.86. The standard InChI is InChI=1S/C26H20BrNO4/c27-24-13-12-17(15-22(24)25(29)30)7-5-6-14-28-26(31)32-16-23-20-10-3-1-8-18(20)19-9-2-4-11-21(19)23/h1-4,8-13,15,23H,6,14,16H2,(H,28,31)(H,29,30). The first kappa shape index (κ1) is 21.7. The van der Waals surface area contributed by atoms with E-state index in [9.17, 15) is 9.59 Å². The Bertz CT molecular complexity index is 1200. The number of alkyl carbamates (subject to hydrolysis) is 1. The summed E-state index contributed by atoms with van der Waals surface area (Å²) in [5.41, 5.74) is 5.48. The monoisotopic (exact) mass is 489 g/mol. The summed E-state index contributed by atoms with van der Waals surface area (Å²) in [5, 5.41) is 11.9. The maximum absolute atomic E-state index is 12.2. The summed E-state index contributed by atoms with van der Waals surface area (Å²) in [7, 11) is 0. The van der Waals surface area contributed by atoms with Gasteiger partial charge in [-0.1, -0.05) is 60.4 Å². The molecule has 2 N–H and O–H groups in total. The van der Waals surface area contributed by atoms with E-state index in [1.807, 2.05) is 24.3 Å². The van der Waals surface area contributed by atoms with Crippen molar-refractivity contribution in [3.8, 4) is 23.0 Å². The largest absolute Gasteiger partial charge is 0.478 e. The van der Waals surface area contributed by atoms with E-state index in [1.54, 1.807) is 12.1 Å². The van der Waals surface area contributed by atoms with Crippen molar-refractivity contribution in [2.24, 2.45) is 0 Å². The molecular formula is C26H20BrNO4. The number of carboxylic acids is 1. The van der Waals surface area contributed by atoms with Crippen molar-refractivity contribution in [3.05, 3.63) is 93.5 Å². The number of carbonyl (C=O) groups excluding carboxylic acids is 1. The molecule has 0 spiro atoms. The molecule has 32 heavy (non-hydrogen) atoms. The number of ether oxygens (including phenoxy) is 1. The van der Waals surface area contributed by atoms with E-state index >= 15 is 0 Å². The second kappa shape index (κ2) is 9.71. The van der Waals surface area contributed by atoms with Crippen molar-refractivity contribution in [2.75, 3.05) is 13.2 Å². The maximum atomic E-state index is 12.2. The molecule has 1 aliphatic carbocycles. The number of carbonyl (C=O) groups is 2. The number of rotatable bonds is 5. The molecule has 0 aliphatic heterocycles. The SMILES string of the molecule is O=C(NCCC#Cc1ccc(Br)c(C(=O)O)c1)OCC1c2ccccc2-c2ccccc21. The molecule has 0 aromatic heterocycles. The van der Waals surface area contributed by atoms with E-state index < -0.39 is 12.1 Å². The van der Waals surface area contributed by atoms with Gasteiger partial charge >= 0.3 is 12.1 Å². The molecule has 0 bridgehead atoms. The molecule has 1 amide bonds. The molecule has 3 aromatic rings. The lowest BCUT2D eigenvalue weighted by Crippen LogP contribution is -2.26. The third-order valence-corrected chi connectivity index (χ3v) is 5.98. The second-order valence-electron chi connectivity index (χ2n) is 7.30. The van der Waals surface area contributed by atoms with Crippen LogP contribution >= 0.6 is 15.9 Å². The first-order valence-corrected chi connectivity index (χ1v) is 10.9. The summed E-state index contributed by atoms with van der Waals surface area (Å²) in [6.07, 6.45) is -0.0617. The van der Waals surface area contributed by atoms with Gasteiger partial charge in [0.1, 0.15) is 6.61 Å². The Hall–Kier alpha value is -3.56. The number of hydrogen-bond donors (Lipinski definition) is 2. The van der Waals surface area contributed by atoms with Crippen molar-refractivity contribution in [1.29, 1.82) is 0 Å². The Morgan fingerprint density at radius 3 is 2.31 bits per heavy atom. The van der Waals surface area contributed by atoms with Crippen LogP contribution in [0.2, 0.25) is 0 Å². The highest BCUT2D eigenvalue weighted by atomic mass is 79.9. The number of nitrogens with one attached hydrogen (secondary N) is 1. The number of fused-ring (bicyclic) bond motifs is 3. The topological polar surface area (TPSA) is 75.6 Å². The molecule has 0 saturated heterocycles. The van der Waals surface area contributed by atoms with Crippen LogP contribution in [0.15, 0.2) is 71.2 Å². The van der Waals surface area contributed by atoms with Crippen LogP contribution in [0.1, 0.15) is 39.4 Å². The van der Waals surface area contributed by atoms with Gasteiger partial charge in [0.05, 0.1) is 5.56 Å². The first-order valence-electron chi connectivity index (χ1n) is 10.1. The van der Waals surface area contributed by atoms with Gasteiger partial charge in [-0.15, -0.1) is 0 Å². The number of amides is 1. The Morgan fingerprint density at radius 1 is 1.00 bits per heavy atom. The predicted octanol–water partition coefficient (Wildman–Crippen LogP) is 5.43. The molecule has 0 fully saturated rings. The van der Waals surface area contributed by atoms with E-state index in [2.05, 4.69) is 57.4 Å². The van der Waals surface area contributed by atoms with Crippen LogP contribution in [-0.4, -0.2) is 30.3 Å². The first-order chi connectivity index (χ1) is 15.5. The molecule has 160 valence electrons. The fourth-order valence-electron chi connectivity index (χ4n) is 3.81. The van der Waals surface area contributed by atoms with E-state index in [-0.39, 0.29) is 18.1 Å². The molecule has 4 rings (SSSR count). The second-order valence-corrected chi connectivity index (χ2v) is 8.16. The summed E-state index contributed by atoms with van der Waals surface area (Å²) >= 11 is 3.21. The average molecular weight is 490 g/mol. The van der Waals surface area contributed by atoms with Gasteiger partial charge < -0.3 is 15.2 Å². The van der Waals surface area contributed by atoms with Gasteiger partial charge in [-0.05, 0) is 56.4 Å². The maximum Gasteiger partial charge on any atom is 0.407 e. The molecule has 6 heteroatoms. The molecule has 0 unspecified atom stereocenters. The highest BCUT2D eigenvalue weighted by Crippen LogP contribution is 2.44. The minimum atomic E-state index is -1.02. The van der Waals surface area contributed by atoms with Crippen LogP contribution in [0.3, 0.4) is 0 Å². The Morgan fingerprint density at radius 2 is 1.66 bits per heavy atom. The zero-order chi connectivity index (χ0) is 22.5. The summed E-state index contributed by atoms with van der Waals surface area (Å²) in [4.78, 5) is 23.3. The molecule has 5 nitrogen and oxygen atoms in total. The van der Waals surface area contributed by atoms with Crippen LogP contribution in [0.4, 0.5) is 4.79 Å². The van der Waals surface area contributed by atoms with Crippen molar-refractivity contribution < 1.29 is 19.4 Å². The normalized spacial score (nSPS) is 11.7. The van der Waals surface area contributed by atoms with E-state index in [4.69, 9.17) is 9.84 Å². The number of halogens is 1. The van der Waals surface area contributed by atoms with E-state index in [1.165, 1.54) is 28.3 Å². The third-order valence-electron chi connectivity index (χ3n) is 5.29. The van der Waals surface area contributed by atoms with Crippen molar-refractivity contribution in [1.82, 2.24) is 5.32 Å². The molecule has 1 aliphatic rings. The van der Waals surface area contributed by atoms with Gasteiger partial charge in [0, 0.05) is 28.9 Å². The minimum absolute atomic E-state index is 0.0220. The van der Waals surface area contributed by atoms with Gasteiger partial charge in [0.25, 0.3) is 0 Å². The summed E-state index contributed by atoms with van der Waals surface area (Å²) in [6, 6.07) is 21.3. The number of aromatic carboxylic acids is 1. The smallest absolute Gasteiger partial charge is 0.407 e. The van der Waals surface area contributed by atoms with Crippen LogP contribution in [0, 0.1) is 11.8 Å². The highest BCUT2D eigenvalue weighted by molar-refractivity contribution is 9.10. The van der Waals surface area contributed by atoms with Crippen LogP contribution < -0.4 is 5.32 Å².